The number of aromatic amines is 1. The molecule has 11 nitrogen and oxygen atoms in total. The fourth-order valence-electron chi connectivity index (χ4n) is 5.84. The number of fused-ring (bicyclic) bond motifs is 1. The Hall–Kier alpha value is -3.83. The Morgan fingerprint density at radius 2 is 1.53 bits per heavy atom. The second kappa shape index (κ2) is 12.0. The van der Waals surface area contributed by atoms with Crippen molar-refractivity contribution in [3.63, 3.8) is 0 Å². The molecule has 1 amide bonds. The zero-order valence-electron chi connectivity index (χ0n) is 26.2. The Kier molecular flexibility index (Phi) is 8.19. The second-order valence-corrected chi connectivity index (χ2v) is 13.0. The molecule has 11 heteroatoms. The summed E-state index contributed by atoms with van der Waals surface area (Å²) in [6.45, 7) is 14.8. The van der Waals surface area contributed by atoms with Crippen LogP contribution in [0.4, 0.5) is 27.8 Å². The van der Waals surface area contributed by atoms with Gasteiger partial charge in [-0.3, -0.25) is 0 Å². The SMILES string of the molecule is CN1CCN(c2cc(Nc3ccnc4[nH]c(C5=CCN(C(=O)OC(C)(C)C)CC5)cc34)cc(N3CCN(C)CC3)n2)CC1. The molecule has 3 aliphatic heterocycles. The topological polar surface area (TPSA) is 96.1 Å². The van der Waals surface area contributed by atoms with Crippen LogP contribution < -0.4 is 15.1 Å². The predicted octanol–water partition coefficient (Wildman–Crippen LogP) is 4.23. The standard InChI is InChI=1S/C32H45N9O2/c1-32(2,3)43-31(42)41-10-7-23(8-11-41)27-22-25-26(6-9-33-30(25)35-27)34-24-20-28(39-16-12-37(4)13-17-39)36-29(21-24)40-18-14-38(5)15-19-40/h6-7,9,20-22H,8,10-19H2,1-5H3,(H2,33,34,35,36). The fraction of sp³-hybridized carbons (Fsp3) is 0.531. The first-order valence-corrected chi connectivity index (χ1v) is 15.4. The first-order chi connectivity index (χ1) is 20.6. The average Bonchev–Trinajstić information content (AvgIpc) is 3.43. The van der Waals surface area contributed by atoms with Crippen molar-refractivity contribution in [2.75, 3.05) is 94.7 Å². The number of carbonyl (C=O) groups is 1. The molecular weight excluding hydrogens is 542 g/mol. The van der Waals surface area contributed by atoms with E-state index in [1.807, 2.05) is 33.0 Å². The van der Waals surface area contributed by atoms with Crippen molar-refractivity contribution in [1.82, 2.24) is 29.7 Å². The van der Waals surface area contributed by atoms with Crippen LogP contribution in [0.15, 0.2) is 36.5 Å². The predicted molar refractivity (Wildman–Crippen MR) is 173 cm³/mol. The van der Waals surface area contributed by atoms with Crippen molar-refractivity contribution in [3.8, 4) is 0 Å². The van der Waals surface area contributed by atoms with Gasteiger partial charge in [-0.05, 0) is 59.0 Å². The number of rotatable bonds is 5. The van der Waals surface area contributed by atoms with E-state index in [0.717, 1.165) is 98.5 Å². The van der Waals surface area contributed by atoms with Crippen LogP contribution in [0, 0.1) is 0 Å². The Balaban J connectivity index is 1.25. The molecule has 6 heterocycles. The van der Waals surface area contributed by atoms with Gasteiger partial charge in [0.05, 0.1) is 5.69 Å². The maximum atomic E-state index is 12.5. The quantitative estimate of drug-likeness (QED) is 0.455. The van der Waals surface area contributed by atoms with E-state index in [0.29, 0.717) is 13.1 Å². The largest absolute Gasteiger partial charge is 0.444 e. The van der Waals surface area contributed by atoms with Gasteiger partial charge < -0.3 is 39.5 Å². The highest BCUT2D eigenvalue weighted by molar-refractivity contribution is 5.94. The highest BCUT2D eigenvalue weighted by atomic mass is 16.6. The Labute approximate surface area is 254 Å². The molecular formula is C32H45N9O2. The number of hydrogen-bond donors (Lipinski definition) is 2. The van der Waals surface area contributed by atoms with Crippen LogP contribution >= 0.6 is 0 Å². The van der Waals surface area contributed by atoms with Crippen LogP contribution in [-0.2, 0) is 4.74 Å². The number of pyridine rings is 2. The number of H-pyrrole nitrogens is 1. The van der Waals surface area contributed by atoms with Gasteiger partial charge in [0.15, 0.2) is 0 Å². The molecule has 0 atom stereocenters. The molecule has 0 aromatic carbocycles. The minimum absolute atomic E-state index is 0.267. The Morgan fingerprint density at radius 1 is 0.907 bits per heavy atom. The van der Waals surface area contributed by atoms with Gasteiger partial charge in [0.2, 0.25) is 0 Å². The van der Waals surface area contributed by atoms with Crippen molar-refractivity contribution < 1.29 is 9.53 Å². The molecule has 0 bridgehead atoms. The molecule has 3 aliphatic rings. The number of nitrogens with one attached hydrogen (secondary N) is 2. The van der Waals surface area contributed by atoms with Gasteiger partial charge >= 0.3 is 6.09 Å². The number of piperazine rings is 2. The molecule has 43 heavy (non-hydrogen) atoms. The van der Waals surface area contributed by atoms with Crippen LogP contribution in [0.25, 0.3) is 16.6 Å². The summed E-state index contributed by atoms with van der Waals surface area (Å²) < 4.78 is 5.56. The van der Waals surface area contributed by atoms with E-state index in [2.05, 4.69) is 73.3 Å². The molecule has 2 N–H and O–H groups in total. The Morgan fingerprint density at radius 3 is 2.09 bits per heavy atom. The number of hydrogen-bond acceptors (Lipinski definition) is 9. The molecule has 3 aromatic rings. The van der Waals surface area contributed by atoms with E-state index in [9.17, 15) is 4.79 Å². The monoisotopic (exact) mass is 587 g/mol. The van der Waals surface area contributed by atoms with Gasteiger partial charge in [-0.25, -0.2) is 14.8 Å². The Bertz CT molecular complexity index is 1440. The lowest BCUT2D eigenvalue weighted by Crippen LogP contribution is -2.46. The summed E-state index contributed by atoms with van der Waals surface area (Å²) in [5, 5.41) is 4.75. The number of amides is 1. The zero-order chi connectivity index (χ0) is 30.1. The number of anilines is 4. The molecule has 3 aromatic heterocycles. The van der Waals surface area contributed by atoms with Gasteiger partial charge in [0, 0.05) is 101 Å². The maximum Gasteiger partial charge on any atom is 0.410 e. The molecule has 0 spiro atoms. The fourth-order valence-corrected chi connectivity index (χ4v) is 5.84. The van der Waals surface area contributed by atoms with Crippen LogP contribution in [0.2, 0.25) is 0 Å². The minimum Gasteiger partial charge on any atom is -0.444 e. The van der Waals surface area contributed by atoms with Crippen LogP contribution in [0.3, 0.4) is 0 Å². The molecule has 0 aliphatic carbocycles. The zero-order valence-corrected chi connectivity index (χ0v) is 26.2. The normalized spacial score (nSPS) is 19.1. The van der Waals surface area contributed by atoms with Crippen molar-refractivity contribution >= 4 is 45.7 Å². The lowest BCUT2D eigenvalue weighted by Gasteiger charge is -2.36. The summed E-state index contributed by atoms with van der Waals surface area (Å²) in [6.07, 6.45) is 4.44. The third-order valence-electron chi connectivity index (χ3n) is 8.47. The van der Waals surface area contributed by atoms with E-state index >= 15 is 0 Å². The van der Waals surface area contributed by atoms with Crippen LogP contribution in [0.5, 0.6) is 0 Å². The van der Waals surface area contributed by atoms with E-state index in [1.165, 1.54) is 5.57 Å². The van der Waals surface area contributed by atoms with Crippen molar-refractivity contribution in [1.29, 1.82) is 0 Å². The lowest BCUT2D eigenvalue weighted by molar-refractivity contribution is 0.0270. The lowest BCUT2D eigenvalue weighted by atomic mass is 10.0. The molecule has 0 saturated carbocycles. The maximum absolute atomic E-state index is 12.5. The highest BCUT2D eigenvalue weighted by Crippen LogP contribution is 2.33. The van der Waals surface area contributed by atoms with E-state index < -0.39 is 5.60 Å². The molecule has 0 radical (unpaired) electrons. The molecule has 0 unspecified atom stereocenters. The molecule has 2 saturated heterocycles. The van der Waals surface area contributed by atoms with E-state index in [-0.39, 0.29) is 6.09 Å². The average molecular weight is 588 g/mol. The van der Waals surface area contributed by atoms with Gasteiger partial charge in [0.25, 0.3) is 0 Å². The number of likely N-dealkylation sites (N-methyl/N-ethyl adjacent to an activating group) is 2. The first-order valence-electron chi connectivity index (χ1n) is 15.4. The smallest absolute Gasteiger partial charge is 0.410 e. The van der Waals surface area contributed by atoms with Crippen molar-refractivity contribution in [3.05, 3.63) is 42.2 Å². The number of aromatic nitrogens is 3. The molecule has 6 rings (SSSR count). The number of carbonyl (C=O) groups excluding carboxylic acids is 1. The van der Waals surface area contributed by atoms with Gasteiger partial charge in [0.1, 0.15) is 22.9 Å². The number of nitrogens with zero attached hydrogens (tertiary/aromatic N) is 7. The van der Waals surface area contributed by atoms with Crippen molar-refractivity contribution in [2.24, 2.45) is 0 Å². The summed E-state index contributed by atoms with van der Waals surface area (Å²) in [4.78, 5) is 37.1. The van der Waals surface area contributed by atoms with Crippen LogP contribution in [0.1, 0.15) is 32.9 Å². The summed E-state index contributed by atoms with van der Waals surface area (Å²) >= 11 is 0. The summed E-state index contributed by atoms with van der Waals surface area (Å²) in [6, 6.07) is 8.56. The minimum atomic E-state index is -0.501. The number of ether oxygens (including phenoxy) is 1. The van der Waals surface area contributed by atoms with Crippen molar-refractivity contribution in [2.45, 2.75) is 32.8 Å². The van der Waals surface area contributed by atoms with E-state index in [1.54, 1.807) is 4.90 Å². The van der Waals surface area contributed by atoms with Crippen LogP contribution in [-0.4, -0.2) is 121 Å². The first kappa shape index (κ1) is 29.3. The molecule has 230 valence electrons. The van der Waals surface area contributed by atoms with E-state index in [4.69, 9.17) is 9.72 Å². The summed E-state index contributed by atoms with van der Waals surface area (Å²) in [7, 11) is 4.36. The highest BCUT2D eigenvalue weighted by Gasteiger charge is 2.25. The second-order valence-electron chi connectivity index (χ2n) is 13.0. The third kappa shape index (κ3) is 6.88. The molecule has 2 fully saturated rings. The summed E-state index contributed by atoms with van der Waals surface area (Å²) in [5.74, 6) is 2.04. The van der Waals surface area contributed by atoms with Gasteiger partial charge in [-0.15, -0.1) is 0 Å². The summed E-state index contributed by atoms with van der Waals surface area (Å²) in [5.41, 5.74) is 4.58. The van der Waals surface area contributed by atoms with Gasteiger partial charge in [-0.2, -0.15) is 0 Å². The van der Waals surface area contributed by atoms with Gasteiger partial charge in [-0.1, -0.05) is 6.08 Å². The third-order valence-corrected chi connectivity index (χ3v) is 8.47.